The summed E-state index contributed by atoms with van der Waals surface area (Å²) in [5, 5.41) is 7.43. The van der Waals surface area contributed by atoms with Crippen LogP contribution in [0.3, 0.4) is 0 Å². The van der Waals surface area contributed by atoms with Crippen LogP contribution < -0.4 is 4.72 Å². The molecule has 0 bridgehead atoms. The Bertz CT molecular complexity index is 859. The molecular formula is C15H14ClF2NO6S. The Morgan fingerprint density at radius 2 is 1.96 bits per heavy atom. The molecule has 1 fully saturated rings. The first-order valence-electron chi connectivity index (χ1n) is 7.54. The number of anilines is 1. The van der Waals surface area contributed by atoms with Gasteiger partial charge >= 0.3 is 5.97 Å². The van der Waals surface area contributed by atoms with Gasteiger partial charge in [0.05, 0.1) is 23.8 Å². The van der Waals surface area contributed by atoms with Crippen LogP contribution in [0, 0.1) is 11.6 Å². The van der Waals surface area contributed by atoms with E-state index in [2.05, 4.69) is 0 Å². The van der Waals surface area contributed by atoms with E-state index in [1.54, 1.807) is 0 Å². The number of carboxylic acid groups (broad SMARTS) is 1. The van der Waals surface area contributed by atoms with Crippen molar-refractivity contribution in [3.05, 3.63) is 40.4 Å². The molecule has 7 nitrogen and oxygen atoms in total. The molecule has 0 saturated carbocycles. The molecule has 1 unspecified atom stereocenters. The lowest BCUT2D eigenvalue weighted by atomic mass is 9.94. The molecule has 1 spiro atoms. The number of carbonyl (C=O) groups is 1. The van der Waals surface area contributed by atoms with Gasteiger partial charge in [0.1, 0.15) is 16.8 Å². The van der Waals surface area contributed by atoms with Gasteiger partial charge in [-0.3, -0.25) is 4.72 Å². The van der Waals surface area contributed by atoms with Gasteiger partial charge < -0.3 is 14.6 Å². The van der Waals surface area contributed by atoms with Crippen LogP contribution in [0.4, 0.5) is 14.5 Å². The second kappa shape index (κ2) is 6.76. The highest BCUT2D eigenvalue weighted by molar-refractivity contribution is 7.93. The van der Waals surface area contributed by atoms with Crippen molar-refractivity contribution in [1.82, 2.24) is 0 Å². The largest absolute Gasteiger partial charge is 0.478 e. The van der Waals surface area contributed by atoms with Crippen LogP contribution in [0.1, 0.15) is 12.8 Å². The highest BCUT2D eigenvalue weighted by Crippen LogP contribution is 2.38. The van der Waals surface area contributed by atoms with Gasteiger partial charge in [0.2, 0.25) is 10.0 Å². The average molecular weight is 410 g/mol. The number of hydrogen-bond acceptors (Lipinski definition) is 5. The van der Waals surface area contributed by atoms with E-state index in [4.69, 9.17) is 21.1 Å². The quantitative estimate of drug-likeness (QED) is 0.791. The molecule has 1 aromatic carbocycles. The van der Waals surface area contributed by atoms with Gasteiger partial charge in [-0.15, -0.1) is 0 Å². The molecule has 26 heavy (non-hydrogen) atoms. The van der Waals surface area contributed by atoms with Crippen molar-refractivity contribution in [2.75, 3.05) is 17.9 Å². The summed E-state index contributed by atoms with van der Waals surface area (Å²) in [4.78, 5) is 11.6. The number of aliphatic carboxylic acids is 1. The maximum absolute atomic E-state index is 13.9. The van der Waals surface area contributed by atoms with Crippen LogP contribution in [-0.4, -0.2) is 43.7 Å². The van der Waals surface area contributed by atoms with Gasteiger partial charge in [-0.05, 0) is 18.6 Å². The number of sulfonamides is 1. The minimum atomic E-state index is -4.39. The minimum Gasteiger partial charge on any atom is -0.478 e. The van der Waals surface area contributed by atoms with Crippen molar-refractivity contribution in [1.29, 1.82) is 0 Å². The molecule has 1 atom stereocenters. The molecule has 1 aromatic rings. The van der Waals surface area contributed by atoms with E-state index in [1.165, 1.54) is 0 Å². The monoisotopic (exact) mass is 409 g/mol. The zero-order valence-corrected chi connectivity index (χ0v) is 14.7. The van der Waals surface area contributed by atoms with Gasteiger partial charge in [-0.1, -0.05) is 11.6 Å². The normalized spacial score (nSPS) is 22.3. The Labute approximate surface area is 152 Å². The maximum Gasteiger partial charge on any atom is 0.332 e. The van der Waals surface area contributed by atoms with Crippen LogP contribution in [0.15, 0.2) is 23.8 Å². The molecular weight excluding hydrogens is 396 g/mol. The molecule has 11 heteroatoms. The van der Waals surface area contributed by atoms with E-state index in [0.717, 1.165) is 12.1 Å². The Morgan fingerprint density at radius 3 is 2.54 bits per heavy atom. The third-order valence-electron chi connectivity index (χ3n) is 4.13. The number of hydrogen-bond donors (Lipinski definition) is 2. The number of carboxylic acids is 1. The van der Waals surface area contributed by atoms with Crippen molar-refractivity contribution >= 4 is 33.3 Å². The second-order valence-electron chi connectivity index (χ2n) is 5.83. The molecule has 142 valence electrons. The van der Waals surface area contributed by atoms with Gasteiger partial charge in [-0.2, -0.15) is 0 Å². The second-order valence-corrected chi connectivity index (χ2v) is 8.10. The van der Waals surface area contributed by atoms with E-state index in [1.807, 2.05) is 4.72 Å². The topological polar surface area (TPSA) is 102 Å². The van der Waals surface area contributed by atoms with E-state index in [-0.39, 0.29) is 26.1 Å². The summed E-state index contributed by atoms with van der Waals surface area (Å²) in [7, 11) is -4.39. The molecule has 0 radical (unpaired) electrons. The lowest BCUT2D eigenvalue weighted by Gasteiger charge is -2.32. The standard InChI is InChI=1S/C15H14ClF2NO6S/c16-10-5-8(17)6-11(18)13(10)19-26(22,23)12-1-2-15(24-3-4-25-15)7-9(12)14(20)21/h5-7,12,19H,1-4H2,(H,20,21). The van der Waals surface area contributed by atoms with Gasteiger partial charge in [0.25, 0.3) is 0 Å². The lowest BCUT2D eigenvalue weighted by molar-refractivity contribution is -0.138. The Morgan fingerprint density at radius 1 is 1.31 bits per heavy atom. The van der Waals surface area contributed by atoms with Crippen molar-refractivity contribution in [2.45, 2.75) is 23.9 Å². The molecule has 1 heterocycles. The first kappa shape index (κ1) is 19.0. The summed E-state index contributed by atoms with van der Waals surface area (Å²) >= 11 is 5.70. The SMILES string of the molecule is O=C(O)C1=CC2(CCC1S(=O)(=O)Nc1c(F)cc(F)cc1Cl)OCCO2. The Hall–Kier alpha value is -1.75. The first-order valence-corrected chi connectivity index (χ1v) is 9.46. The zero-order valence-electron chi connectivity index (χ0n) is 13.2. The third-order valence-corrected chi connectivity index (χ3v) is 6.15. The third kappa shape index (κ3) is 3.54. The molecule has 0 amide bonds. The maximum atomic E-state index is 13.9. The van der Waals surface area contributed by atoms with Crippen LogP contribution >= 0.6 is 11.6 Å². The molecule has 1 aliphatic carbocycles. The summed E-state index contributed by atoms with van der Waals surface area (Å²) in [5.74, 6) is -4.92. The summed E-state index contributed by atoms with van der Waals surface area (Å²) in [5.41, 5.74) is -1.10. The fourth-order valence-corrected chi connectivity index (χ4v) is 4.83. The number of nitrogens with one attached hydrogen (secondary N) is 1. The van der Waals surface area contributed by atoms with E-state index >= 15 is 0 Å². The molecule has 2 N–H and O–H groups in total. The van der Waals surface area contributed by atoms with Crippen LogP contribution in [-0.2, 0) is 24.3 Å². The van der Waals surface area contributed by atoms with Crippen LogP contribution in [0.5, 0.6) is 0 Å². The van der Waals surface area contributed by atoms with Crippen molar-refractivity contribution in [3.8, 4) is 0 Å². The fourth-order valence-electron chi connectivity index (χ4n) is 2.96. The van der Waals surface area contributed by atoms with E-state index in [0.29, 0.717) is 6.07 Å². The number of rotatable bonds is 4. The molecule has 3 rings (SSSR count). The Kier molecular flexibility index (Phi) is 4.95. The van der Waals surface area contributed by atoms with Crippen LogP contribution in [0.2, 0.25) is 5.02 Å². The zero-order chi connectivity index (χ0) is 19.1. The molecule has 2 aliphatic rings. The number of ether oxygens (including phenoxy) is 2. The predicted octanol–water partition coefficient (Wildman–Crippen LogP) is 2.28. The lowest BCUT2D eigenvalue weighted by Crippen LogP contribution is -2.42. The smallest absolute Gasteiger partial charge is 0.332 e. The molecule has 1 saturated heterocycles. The van der Waals surface area contributed by atoms with Crippen molar-refractivity contribution in [2.24, 2.45) is 0 Å². The fraction of sp³-hybridized carbons (Fsp3) is 0.400. The van der Waals surface area contributed by atoms with Gasteiger partial charge in [0.15, 0.2) is 11.6 Å². The highest BCUT2D eigenvalue weighted by Gasteiger charge is 2.46. The summed E-state index contributed by atoms with van der Waals surface area (Å²) in [6.07, 6.45) is 1.10. The minimum absolute atomic E-state index is 0.106. The number of benzene rings is 1. The highest BCUT2D eigenvalue weighted by atomic mass is 35.5. The van der Waals surface area contributed by atoms with Gasteiger partial charge in [-0.25, -0.2) is 22.0 Å². The Balaban J connectivity index is 1.95. The van der Waals surface area contributed by atoms with E-state index in [9.17, 15) is 27.1 Å². The van der Waals surface area contributed by atoms with Gasteiger partial charge in [0, 0.05) is 12.5 Å². The molecule has 1 aliphatic heterocycles. The molecule has 0 aromatic heterocycles. The summed E-state index contributed by atoms with van der Waals surface area (Å²) in [6.45, 7) is 0.519. The van der Waals surface area contributed by atoms with Crippen molar-refractivity contribution in [3.63, 3.8) is 0 Å². The number of halogens is 3. The summed E-state index contributed by atoms with van der Waals surface area (Å²) < 4.78 is 65.0. The van der Waals surface area contributed by atoms with Crippen LogP contribution in [0.25, 0.3) is 0 Å². The van der Waals surface area contributed by atoms with E-state index < -0.39 is 54.9 Å². The van der Waals surface area contributed by atoms with Crippen molar-refractivity contribution < 1.29 is 36.6 Å². The predicted molar refractivity (Wildman–Crippen MR) is 87.3 cm³/mol. The first-order chi connectivity index (χ1) is 12.1. The average Bonchev–Trinajstić information content (AvgIpc) is 2.98. The summed E-state index contributed by atoms with van der Waals surface area (Å²) in [6, 6.07) is 1.21.